The minimum absolute atomic E-state index is 0.0119. The molecule has 3 rings (SSSR count). The Hall–Kier alpha value is -2.11. The molecule has 6 heteroatoms. The molecule has 2 aromatic heterocycles. The molecule has 0 spiro atoms. The second-order valence-corrected chi connectivity index (χ2v) is 7.38. The van der Waals surface area contributed by atoms with Crippen LogP contribution in [0.3, 0.4) is 0 Å². The van der Waals surface area contributed by atoms with Gasteiger partial charge in [0, 0.05) is 31.3 Å². The maximum atomic E-state index is 13.1. The van der Waals surface area contributed by atoms with Gasteiger partial charge in [0.1, 0.15) is 0 Å². The Morgan fingerprint density at radius 1 is 1.31 bits per heavy atom. The number of carbonyl (C=O) groups excluding carboxylic acids is 1. The van der Waals surface area contributed by atoms with Gasteiger partial charge in [-0.15, -0.1) is 0 Å². The minimum atomic E-state index is 0.0119. The number of aromatic nitrogens is 3. The average Bonchev–Trinajstić information content (AvgIpc) is 3.18. The number of rotatable bonds is 5. The molecule has 2 aromatic rings. The standard InChI is InChI=1S/C20H30N4O2/c1-6-15(7-2)20(25)24-11-9-8-10-17(24)18-16(12-23(5)21-18)19-13(3)14(4)22-26-19/h12,15,17H,6-11H2,1-5H3. The van der Waals surface area contributed by atoms with E-state index in [-0.39, 0.29) is 17.9 Å². The molecule has 26 heavy (non-hydrogen) atoms. The molecule has 0 radical (unpaired) electrons. The molecule has 1 fully saturated rings. The summed E-state index contributed by atoms with van der Waals surface area (Å²) in [5.41, 5.74) is 3.82. The predicted octanol–water partition coefficient (Wildman–Crippen LogP) is 4.18. The number of amides is 1. The summed E-state index contributed by atoms with van der Waals surface area (Å²) in [5, 5.41) is 8.84. The van der Waals surface area contributed by atoms with E-state index in [1.165, 1.54) is 0 Å². The van der Waals surface area contributed by atoms with Crippen LogP contribution in [0.25, 0.3) is 11.3 Å². The van der Waals surface area contributed by atoms with Crippen molar-refractivity contribution >= 4 is 5.91 Å². The van der Waals surface area contributed by atoms with Crippen LogP contribution in [0.15, 0.2) is 10.7 Å². The largest absolute Gasteiger partial charge is 0.356 e. The third-order valence-electron chi connectivity index (χ3n) is 5.70. The van der Waals surface area contributed by atoms with Crippen molar-refractivity contribution in [2.75, 3.05) is 6.54 Å². The fourth-order valence-corrected chi connectivity index (χ4v) is 3.95. The van der Waals surface area contributed by atoms with Crippen molar-refractivity contribution in [3.63, 3.8) is 0 Å². The highest BCUT2D eigenvalue weighted by atomic mass is 16.5. The van der Waals surface area contributed by atoms with Crippen molar-refractivity contribution in [3.8, 4) is 11.3 Å². The van der Waals surface area contributed by atoms with Gasteiger partial charge >= 0.3 is 0 Å². The van der Waals surface area contributed by atoms with E-state index in [1.54, 1.807) is 0 Å². The summed E-state index contributed by atoms with van der Waals surface area (Å²) in [7, 11) is 1.92. The maximum Gasteiger partial charge on any atom is 0.226 e. The van der Waals surface area contributed by atoms with Crippen molar-refractivity contribution in [1.29, 1.82) is 0 Å². The Kier molecular flexibility index (Phi) is 5.49. The van der Waals surface area contributed by atoms with E-state index in [0.29, 0.717) is 0 Å². The molecule has 6 nitrogen and oxygen atoms in total. The van der Waals surface area contributed by atoms with Gasteiger partial charge in [-0.3, -0.25) is 9.48 Å². The van der Waals surface area contributed by atoms with Gasteiger partial charge in [0.05, 0.1) is 23.0 Å². The Bertz CT molecular complexity index is 773. The molecule has 0 N–H and O–H groups in total. The van der Waals surface area contributed by atoms with Crippen LogP contribution in [0.4, 0.5) is 0 Å². The van der Waals surface area contributed by atoms with Crippen LogP contribution in [0.5, 0.6) is 0 Å². The third kappa shape index (κ3) is 3.29. The van der Waals surface area contributed by atoms with Gasteiger partial charge in [0.15, 0.2) is 5.76 Å². The lowest BCUT2D eigenvalue weighted by Crippen LogP contribution is -2.42. The molecule has 1 aliphatic rings. The molecule has 1 atom stereocenters. The number of piperidine rings is 1. The zero-order valence-electron chi connectivity index (χ0n) is 16.6. The summed E-state index contributed by atoms with van der Waals surface area (Å²) in [4.78, 5) is 15.2. The topological polar surface area (TPSA) is 64.2 Å². The summed E-state index contributed by atoms with van der Waals surface area (Å²) in [6.07, 6.45) is 6.87. The van der Waals surface area contributed by atoms with Crippen molar-refractivity contribution in [3.05, 3.63) is 23.1 Å². The minimum Gasteiger partial charge on any atom is -0.356 e. The molecule has 0 bridgehead atoms. The van der Waals surface area contributed by atoms with Crippen molar-refractivity contribution in [2.45, 2.75) is 65.8 Å². The fraction of sp³-hybridized carbons (Fsp3) is 0.650. The van der Waals surface area contributed by atoms with Crippen LogP contribution in [0, 0.1) is 19.8 Å². The van der Waals surface area contributed by atoms with E-state index in [1.807, 2.05) is 31.8 Å². The summed E-state index contributed by atoms with van der Waals surface area (Å²) in [5.74, 6) is 1.13. The molecule has 0 aromatic carbocycles. The van der Waals surface area contributed by atoms with Crippen molar-refractivity contribution in [2.24, 2.45) is 13.0 Å². The van der Waals surface area contributed by atoms with Gasteiger partial charge in [-0.05, 0) is 46.0 Å². The lowest BCUT2D eigenvalue weighted by molar-refractivity contribution is -0.139. The van der Waals surface area contributed by atoms with Gasteiger partial charge in [-0.25, -0.2) is 0 Å². The van der Waals surface area contributed by atoms with E-state index in [0.717, 1.165) is 66.9 Å². The Morgan fingerprint density at radius 3 is 2.65 bits per heavy atom. The number of hydrogen-bond donors (Lipinski definition) is 0. The van der Waals surface area contributed by atoms with Gasteiger partial charge in [0.2, 0.25) is 5.91 Å². The zero-order chi connectivity index (χ0) is 18.8. The third-order valence-corrected chi connectivity index (χ3v) is 5.70. The van der Waals surface area contributed by atoms with E-state index in [2.05, 4.69) is 23.9 Å². The monoisotopic (exact) mass is 358 g/mol. The smallest absolute Gasteiger partial charge is 0.226 e. The number of hydrogen-bond acceptors (Lipinski definition) is 4. The van der Waals surface area contributed by atoms with Crippen LogP contribution in [0.2, 0.25) is 0 Å². The normalized spacial score (nSPS) is 17.9. The highest BCUT2D eigenvalue weighted by Crippen LogP contribution is 2.38. The number of aryl methyl sites for hydroxylation is 2. The molecule has 1 amide bonds. The number of carbonyl (C=O) groups is 1. The Labute approximate surface area is 155 Å². The van der Waals surface area contributed by atoms with E-state index in [9.17, 15) is 4.79 Å². The Balaban J connectivity index is 2.01. The van der Waals surface area contributed by atoms with Crippen LogP contribution < -0.4 is 0 Å². The fourth-order valence-electron chi connectivity index (χ4n) is 3.95. The van der Waals surface area contributed by atoms with Crippen molar-refractivity contribution in [1.82, 2.24) is 19.8 Å². The summed E-state index contributed by atoms with van der Waals surface area (Å²) in [6, 6.07) is 0.0119. The molecule has 142 valence electrons. The first-order valence-corrected chi connectivity index (χ1v) is 9.75. The highest BCUT2D eigenvalue weighted by Gasteiger charge is 2.35. The summed E-state index contributed by atoms with van der Waals surface area (Å²) in [6.45, 7) is 8.97. The van der Waals surface area contributed by atoms with Gasteiger partial charge in [0.25, 0.3) is 0 Å². The molecule has 1 saturated heterocycles. The highest BCUT2D eigenvalue weighted by molar-refractivity contribution is 5.79. The van der Waals surface area contributed by atoms with Gasteiger partial charge in [-0.2, -0.15) is 5.10 Å². The molecular formula is C20H30N4O2. The molecule has 3 heterocycles. The maximum absolute atomic E-state index is 13.1. The molecule has 0 saturated carbocycles. The van der Waals surface area contributed by atoms with E-state index in [4.69, 9.17) is 9.62 Å². The number of nitrogens with zero attached hydrogens (tertiary/aromatic N) is 4. The molecular weight excluding hydrogens is 328 g/mol. The van der Waals surface area contributed by atoms with Gasteiger partial charge in [-0.1, -0.05) is 19.0 Å². The lowest BCUT2D eigenvalue weighted by Gasteiger charge is -2.37. The van der Waals surface area contributed by atoms with Crippen molar-refractivity contribution < 1.29 is 9.32 Å². The quantitative estimate of drug-likeness (QED) is 0.804. The van der Waals surface area contributed by atoms with Crippen LogP contribution in [-0.2, 0) is 11.8 Å². The predicted molar refractivity (Wildman–Crippen MR) is 101 cm³/mol. The van der Waals surface area contributed by atoms with Crippen LogP contribution >= 0.6 is 0 Å². The van der Waals surface area contributed by atoms with Crippen LogP contribution in [0.1, 0.15) is 68.9 Å². The second kappa shape index (κ2) is 7.64. The first-order valence-electron chi connectivity index (χ1n) is 9.75. The lowest BCUT2D eigenvalue weighted by atomic mass is 9.92. The second-order valence-electron chi connectivity index (χ2n) is 7.38. The molecule has 1 aliphatic heterocycles. The molecule has 0 aliphatic carbocycles. The van der Waals surface area contributed by atoms with E-state index < -0.39 is 0 Å². The SMILES string of the molecule is CCC(CC)C(=O)N1CCCCC1c1nn(C)cc1-c1onc(C)c1C. The van der Waals surface area contributed by atoms with E-state index >= 15 is 0 Å². The zero-order valence-corrected chi connectivity index (χ0v) is 16.6. The first kappa shape index (κ1) is 18.7. The van der Waals surface area contributed by atoms with Gasteiger partial charge < -0.3 is 9.42 Å². The summed E-state index contributed by atoms with van der Waals surface area (Å²) >= 11 is 0. The van der Waals surface area contributed by atoms with Crippen LogP contribution in [-0.4, -0.2) is 32.3 Å². The molecule has 1 unspecified atom stereocenters. The average molecular weight is 358 g/mol. The Morgan fingerprint density at radius 2 is 2.04 bits per heavy atom. The summed E-state index contributed by atoms with van der Waals surface area (Å²) < 4.78 is 7.42. The number of likely N-dealkylation sites (tertiary alicyclic amines) is 1. The first-order chi connectivity index (χ1) is 12.5.